The van der Waals surface area contributed by atoms with Crippen molar-refractivity contribution in [1.82, 2.24) is 0 Å². The zero-order valence-electron chi connectivity index (χ0n) is 17.0. The van der Waals surface area contributed by atoms with Crippen LogP contribution >= 0.6 is 45.2 Å². The average molecular weight is 658 g/mol. The Hall–Kier alpha value is -2.72. The van der Waals surface area contributed by atoms with Gasteiger partial charge in [-0.1, -0.05) is 24.3 Å². The van der Waals surface area contributed by atoms with Gasteiger partial charge >= 0.3 is 0 Å². The second-order valence-corrected chi connectivity index (χ2v) is 10.5. The zero-order chi connectivity index (χ0) is 22.9. The average Bonchev–Trinajstić information content (AvgIpc) is 2.80. The van der Waals surface area contributed by atoms with Crippen LogP contribution < -0.4 is 4.74 Å². The highest BCUT2D eigenvalue weighted by Gasteiger charge is 2.33. The molecule has 0 radical (unpaired) electrons. The van der Waals surface area contributed by atoms with Gasteiger partial charge in [0.15, 0.2) is 0 Å². The quantitative estimate of drug-likeness (QED) is 0.159. The topological polar surface area (TPSA) is 69.9 Å². The Morgan fingerprint density at radius 3 is 1.58 bits per heavy atom. The van der Waals surface area contributed by atoms with Gasteiger partial charge < -0.3 is 20.1 Å². The Bertz CT molecular complexity index is 1500. The van der Waals surface area contributed by atoms with Crippen molar-refractivity contribution in [1.29, 1.82) is 0 Å². The Morgan fingerprint density at radius 2 is 1.09 bits per heavy atom. The van der Waals surface area contributed by atoms with Gasteiger partial charge in [-0.25, -0.2) is 0 Å². The third-order valence-electron chi connectivity index (χ3n) is 6.18. The summed E-state index contributed by atoms with van der Waals surface area (Å²) in [4.78, 5) is 0. The van der Waals surface area contributed by atoms with E-state index in [4.69, 9.17) is 4.74 Å². The van der Waals surface area contributed by atoms with Crippen LogP contribution in [0.25, 0.3) is 21.5 Å². The fourth-order valence-electron chi connectivity index (χ4n) is 4.76. The molecule has 5 aromatic carbocycles. The third kappa shape index (κ3) is 3.30. The summed E-state index contributed by atoms with van der Waals surface area (Å²) in [5.41, 5.74) is 3.06. The first-order chi connectivity index (χ1) is 15.9. The van der Waals surface area contributed by atoms with E-state index in [0.29, 0.717) is 0 Å². The fraction of sp³-hybridized carbons (Fsp3) is 0.0370. The van der Waals surface area contributed by atoms with Gasteiger partial charge in [0.25, 0.3) is 0 Å². The Morgan fingerprint density at radius 1 is 0.606 bits per heavy atom. The van der Waals surface area contributed by atoms with Crippen molar-refractivity contribution in [3.8, 4) is 28.7 Å². The lowest BCUT2D eigenvalue weighted by molar-refractivity contribution is 0.455. The summed E-state index contributed by atoms with van der Waals surface area (Å²) in [6.07, 6.45) is 0. The molecule has 0 saturated heterocycles. The van der Waals surface area contributed by atoms with Gasteiger partial charge in [0.05, 0.1) is 7.14 Å². The van der Waals surface area contributed by atoms with E-state index in [1.54, 1.807) is 24.3 Å². The molecule has 0 aliphatic carbocycles. The molecule has 1 aliphatic rings. The maximum absolute atomic E-state index is 10.4. The summed E-state index contributed by atoms with van der Waals surface area (Å²) in [6.45, 7) is 0. The number of rotatable bonds is 1. The highest BCUT2D eigenvalue weighted by atomic mass is 127. The largest absolute Gasteiger partial charge is 0.508 e. The van der Waals surface area contributed by atoms with Gasteiger partial charge in [-0.05, 0) is 121 Å². The smallest absolute Gasteiger partial charge is 0.142 e. The molecule has 162 valence electrons. The number of phenolic OH excluding ortho intramolecular Hbond substituents is 3. The number of halogens is 2. The molecule has 0 atom stereocenters. The van der Waals surface area contributed by atoms with E-state index in [-0.39, 0.29) is 23.2 Å². The minimum atomic E-state index is -0.173. The predicted molar refractivity (Wildman–Crippen MR) is 146 cm³/mol. The van der Waals surface area contributed by atoms with Gasteiger partial charge in [0.2, 0.25) is 0 Å². The highest BCUT2D eigenvalue weighted by Crippen LogP contribution is 2.53. The van der Waals surface area contributed by atoms with Crippen LogP contribution in [0.2, 0.25) is 0 Å². The number of hydrogen-bond donors (Lipinski definition) is 3. The molecule has 0 amide bonds. The molecule has 5 aromatic rings. The van der Waals surface area contributed by atoms with E-state index >= 15 is 0 Å². The first-order valence-electron chi connectivity index (χ1n) is 10.3. The molecule has 0 aromatic heterocycles. The number of benzene rings is 5. The van der Waals surface area contributed by atoms with Crippen LogP contribution in [0.5, 0.6) is 28.7 Å². The fourth-order valence-corrected chi connectivity index (χ4v) is 6.58. The van der Waals surface area contributed by atoms with Crippen molar-refractivity contribution in [2.24, 2.45) is 0 Å². The van der Waals surface area contributed by atoms with E-state index in [0.717, 1.165) is 56.9 Å². The van der Waals surface area contributed by atoms with Crippen molar-refractivity contribution in [2.45, 2.75) is 5.92 Å². The molecule has 1 heterocycles. The number of ether oxygens (including phenoxy) is 1. The molecule has 4 nitrogen and oxygen atoms in total. The van der Waals surface area contributed by atoms with E-state index in [2.05, 4.69) is 45.2 Å². The summed E-state index contributed by atoms with van der Waals surface area (Å²) in [7, 11) is 0. The van der Waals surface area contributed by atoms with Gasteiger partial charge in [0.1, 0.15) is 28.7 Å². The molecule has 0 spiro atoms. The van der Waals surface area contributed by atoms with Crippen LogP contribution in [0.3, 0.4) is 0 Å². The summed E-state index contributed by atoms with van der Waals surface area (Å²) in [6, 6.07) is 22.6. The van der Waals surface area contributed by atoms with E-state index in [1.165, 1.54) is 0 Å². The second-order valence-electron chi connectivity index (χ2n) is 8.13. The Kier molecular flexibility index (Phi) is 4.84. The minimum absolute atomic E-state index is 0.173. The SMILES string of the molecule is Oc1ccc2c3c(ccc2c1)Oc1ccc2cc(O)ccc2c1C3c1cc(I)c(O)c(I)c1. The third-order valence-corrected chi connectivity index (χ3v) is 7.82. The number of fused-ring (bicyclic) bond motifs is 6. The molecule has 6 rings (SSSR count). The molecule has 0 unspecified atom stereocenters. The molecule has 33 heavy (non-hydrogen) atoms. The highest BCUT2D eigenvalue weighted by molar-refractivity contribution is 14.1. The first kappa shape index (κ1) is 20.9. The van der Waals surface area contributed by atoms with Crippen molar-refractivity contribution >= 4 is 66.7 Å². The number of phenols is 3. The molecule has 6 heteroatoms. The van der Waals surface area contributed by atoms with Crippen LogP contribution in [0.4, 0.5) is 0 Å². The van der Waals surface area contributed by atoms with Crippen molar-refractivity contribution < 1.29 is 20.1 Å². The molecular formula is C27H16I2O4. The van der Waals surface area contributed by atoms with Gasteiger partial charge in [-0.2, -0.15) is 0 Å². The molecule has 0 saturated carbocycles. The van der Waals surface area contributed by atoms with Crippen LogP contribution in [-0.2, 0) is 0 Å². The summed E-state index contributed by atoms with van der Waals surface area (Å²) < 4.78 is 7.97. The minimum Gasteiger partial charge on any atom is -0.508 e. The maximum atomic E-state index is 10.4. The zero-order valence-corrected chi connectivity index (χ0v) is 21.3. The van der Waals surface area contributed by atoms with E-state index < -0.39 is 0 Å². The normalized spacial score (nSPS) is 13.0. The van der Waals surface area contributed by atoms with Crippen molar-refractivity contribution in [3.05, 3.63) is 96.6 Å². The van der Waals surface area contributed by atoms with Gasteiger partial charge in [0, 0.05) is 17.0 Å². The number of aromatic hydroxyl groups is 3. The lowest BCUT2D eigenvalue weighted by atomic mass is 9.78. The van der Waals surface area contributed by atoms with Gasteiger partial charge in [-0.15, -0.1) is 0 Å². The molecule has 0 fully saturated rings. The standard InChI is InChI=1S/C27H16I2O4/c28-20-11-15(12-21(29)27(20)32)24-25-18-5-3-16(30)9-13(18)1-7-22(25)33-23-8-2-14-10-17(31)4-6-19(14)26(23)24/h1-12,24,30-32H. The summed E-state index contributed by atoms with van der Waals surface area (Å²) in [5, 5.41) is 34.4. The number of hydrogen-bond acceptors (Lipinski definition) is 4. The van der Waals surface area contributed by atoms with E-state index in [9.17, 15) is 15.3 Å². The monoisotopic (exact) mass is 658 g/mol. The van der Waals surface area contributed by atoms with Crippen LogP contribution in [-0.4, -0.2) is 15.3 Å². The van der Waals surface area contributed by atoms with Gasteiger partial charge in [-0.3, -0.25) is 0 Å². The lowest BCUT2D eigenvalue weighted by Crippen LogP contribution is -2.13. The van der Waals surface area contributed by atoms with Crippen LogP contribution in [0, 0.1) is 7.14 Å². The second kappa shape index (κ2) is 7.66. The summed E-state index contributed by atoms with van der Waals surface area (Å²) >= 11 is 4.33. The lowest BCUT2D eigenvalue weighted by Gasteiger charge is -2.31. The first-order valence-corrected chi connectivity index (χ1v) is 12.4. The molecular weight excluding hydrogens is 642 g/mol. The maximum Gasteiger partial charge on any atom is 0.142 e. The van der Waals surface area contributed by atoms with Crippen molar-refractivity contribution in [3.63, 3.8) is 0 Å². The molecule has 1 aliphatic heterocycles. The Balaban J connectivity index is 1.75. The summed E-state index contributed by atoms with van der Waals surface area (Å²) in [5.74, 6) is 2.06. The molecule has 3 N–H and O–H groups in total. The van der Waals surface area contributed by atoms with E-state index in [1.807, 2.05) is 48.5 Å². The predicted octanol–water partition coefficient (Wildman–Crippen LogP) is 7.60. The molecule has 0 bridgehead atoms. The van der Waals surface area contributed by atoms with Crippen LogP contribution in [0.1, 0.15) is 22.6 Å². The Labute approximate surface area is 216 Å². The van der Waals surface area contributed by atoms with Crippen molar-refractivity contribution in [2.75, 3.05) is 0 Å². The van der Waals surface area contributed by atoms with Crippen LogP contribution in [0.15, 0.2) is 72.8 Å².